The Hall–Kier alpha value is -7.42. The van der Waals surface area contributed by atoms with E-state index in [4.69, 9.17) is 18.9 Å². The monoisotopic (exact) mass is 717 g/mol. The van der Waals surface area contributed by atoms with Crippen LogP contribution in [-0.2, 0) is 18.9 Å². The lowest BCUT2D eigenvalue weighted by molar-refractivity contribution is -0.384. The molecule has 0 saturated carbocycles. The Balaban J connectivity index is 1.61. The van der Waals surface area contributed by atoms with Gasteiger partial charge in [0.2, 0.25) is 11.6 Å². The molecule has 0 bridgehead atoms. The molecule has 53 heavy (non-hydrogen) atoms. The fraction of sp³-hybridized carbons (Fsp3) is 0.105. The standard InChI is InChI=1S/C38H27N3O12/c1-50-35(44)27-25-18-22(14-16-39(25)31(29(27)37(46)52-3)33(42)20-8-6-5-7-9-20)23-15-17-40-26(19-23)28(36(45)51-2)30(38(47)53-4)32(40)34(43)21-10-12-24(13-11-21)41(48)49/h5-19H,1-4H3. The highest BCUT2D eigenvalue weighted by Gasteiger charge is 2.35. The molecule has 4 aromatic heterocycles. The van der Waals surface area contributed by atoms with Crippen molar-refractivity contribution in [3.05, 3.63) is 146 Å². The summed E-state index contributed by atoms with van der Waals surface area (Å²) in [4.78, 5) is 91.3. The molecule has 0 radical (unpaired) electrons. The zero-order chi connectivity index (χ0) is 38.1. The smallest absolute Gasteiger partial charge is 0.341 e. The van der Waals surface area contributed by atoms with Crippen LogP contribution in [0.25, 0.3) is 22.2 Å². The van der Waals surface area contributed by atoms with Crippen molar-refractivity contribution in [2.45, 2.75) is 0 Å². The maximum absolute atomic E-state index is 13.9. The maximum Gasteiger partial charge on any atom is 0.341 e. The first-order chi connectivity index (χ1) is 25.5. The number of pyridine rings is 2. The minimum absolute atomic E-state index is 0.0167. The number of nitro groups is 1. The van der Waals surface area contributed by atoms with E-state index in [1.807, 2.05) is 0 Å². The number of esters is 4. The molecule has 0 unspecified atom stereocenters. The summed E-state index contributed by atoms with van der Waals surface area (Å²) in [5, 5.41) is 11.2. The predicted octanol–water partition coefficient (Wildman–Crippen LogP) is 5.38. The van der Waals surface area contributed by atoms with E-state index in [0.717, 1.165) is 40.6 Å². The molecule has 2 aromatic carbocycles. The molecule has 15 heteroatoms. The van der Waals surface area contributed by atoms with Crippen LogP contribution in [0.2, 0.25) is 0 Å². The highest BCUT2D eigenvalue weighted by atomic mass is 16.6. The molecule has 0 fully saturated rings. The molecular formula is C38H27N3O12. The summed E-state index contributed by atoms with van der Waals surface area (Å²) in [5.74, 6) is -5.18. The predicted molar refractivity (Wildman–Crippen MR) is 186 cm³/mol. The molecular weight excluding hydrogens is 690 g/mol. The number of nitrogens with zero attached hydrogens (tertiary/aromatic N) is 3. The Morgan fingerprint density at radius 3 is 1.28 bits per heavy atom. The van der Waals surface area contributed by atoms with Gasteiger partial charge in [-0.1, -0.05) is 30.3 Å². The van der Waals surface area contributed by atoms with E-state index in [2.05, 4.69) is 0 Å². The zero-order valence-corrected chi connectivity index (χ0v) is 28.4. The van der Waals surface area contributed by atoms with E-state index < -0.39 is 45.9 Å². The fourth-order valence-electron chi connectivity index (χ4n) is 6.13. The van der Waals surface area contributed by atoms with Gasteiger partial charge in [0.15, 0.2) is 0 Å². The van der Waals surface area contributed by atoms with Crippen molar-refractivity contribution in [1.82, 2.24) is 8.80 Å². The van der Waals surface area contributed by atoms with Gasteiger partial charge in [-0.25, -0.2) is 19.2 Å². The molecule has 0 aliphatic heterocycles. The number of nitro benzene ring substituents is 1. The quantitative estimate of drug-likeness (QED) is 0.0579. The number of rotatable bonds is 10. The van der Waals surface area contributed by atoms with E-state index in [-0.39, 0.29) is 55.9 Å². The van der Waals surface area contributed by atoms with Crippen LogP contribution in [0, 0.1) is 10.1 Å². The summed E-state index contributed by atoms with van der Waals surface area (Å²) in [7, 11) is 4.40. The van der Waals surface area contributed by atoms with Gasteiger partial charge in [-0.2, -0.15) is 0 Å². The lowest BCUT2D eigenvalue weighted by Crippen LogP contribution is -2.15. The molecule has 0 saturated heterocycles. The van der Waals surface area contributed by atoms with Crippen LogP contribution in [0.3, 0.4) is 0 Å². The molecule has 0 atom stereocenters. The maximum atomic E-state index is 13.9. The number of hydrogen-bond acceptors (Lipinski definition) is 12. The highest BCUT2D eigenvalue weighted by Crippen LogP contribution is 2.34. The Kier molecular flexibility index (Phi) is 9.40. The van der Waals surface area contributed by atoms with Gasteiger partial charge in [0.1, 0.15) is 33.6 Å². The van der Waals surface area contributed by atoms with E-state index in [0.29, 0.717) is 11.1 Å². The first-order valence-electron chi connectivity index (χ1n) is 15.6. The second-order valence-electron chi connectivity index (χ2n) is 11.3. The number of ketones is 2. The highest BCUT2D eigenvalue weighted by molar-refractivity contribution is 6.21. The van der Waals surface area contributed by atoms with Crippen LogP contribution in [0.4, 0.5) is 5.69 Å². The van der Waals surface area contributed by atoms with Gasteiger partial charge < -0.3 is 27.7 Å². The van der Waals surface area contributed by atoms with Gasteiger partial charge in [0.25, 0.3) is 5.69 Å². The summed E-state index contributed by atoms with van der Waals surface area (Å²) in [6.45, 7) is 0. The lowest BCUT2D eigenvalue weighted by Gasteiger charge is -2.09. The fourth-order valence-corrected chi connectivity index (χ4v) is 6.13. The number of fused-ring (bicyclic) bond motifs is 2. The SMILES string of the molecule is COC(=O)c1c(C(=O)OC)c2cc(-c3ccn4c(C(=O)c5ccc([N+](=O)[O-])cc5)c(C(=O)OC)c(C(=O)OC)c4c3)ccn2c1C(=O)c1ccccc1. The van der Waals surface area contributed by atoms with Crippen LogP contribution < -0.4 is 0 Å². The number of carbonyl (C=O) groups is 6. The molecule has 266 valence electrons. The second kappa shape index (κ2) is 14.1. The summed E-state index contributed by atoms with van der Waals surface area (Å²) >= 11 is 0. The number of ether oxygens (including phenoxy) is 4. The first kappa shape index (κ1) is 35.4. The van der Waals surface area contributed by atoms with Crippen molar-refractivity contribution < 1.29 is 52.6 Å². The minimum atomic E-state index is -1.02. The van der Waals surface area contributed by atoms with Gasteiger partial charge >= 0.3 is 23.9 Å². The number of aromatic nitrogens is 2. The normalized spacial score (nSPS) is 10.9. The number of benzene rings is 2. The lowest BCUT2D eigenvalue weighted by atomic mass is 10.0. The van der Waals surface area contributed by atoms with E-state index >= 15 is 0 Å². The van der Waals surface area contributed by atoms with E-state index in [9.17, 15) is 38.9 Å². The second-order valence-corrected chi connectivity index (χ2v) is 11.3. The average molecular weight is 718 g/mol. The van der Waals surface area contributed by atoms with Crippen LogP contribution in [-0.4, -0.2) is 77.6 Å². The third-order valence-corrected chi connectivity index (χ3v) is 8.58. The van der Waals surface area contributed by atoms with Crippen molar-refractivity contribution in [2.75, 3.05) is 28.4 Å². The van der Waals surface area contributed by atoms with Crippen molar-refractivity contribution in [3.8, 4) is 11.1 Å². The molecule has 15 nitrogen and oxygen atoms in total. The number of hydrogen-bond donors (Lipinski definition) is 0. The molecule has 0 amide bonds. The Bertz CT molecular complexity index is 2530. The summed E-state index contributed by atoms with van der Waals surface area (Å²) in [6, 6.07) is 19.0. The molecule has 6 aromatic rings. The third kappa shape index (κ3) is 5.95. The van der Waals surface area contributed by atoms with Crippen LogP contribution in [0.15, 0.2) is 91.3 Å². The Labute approximate surface area is 299 Å². The third-order valence-electron chi connectivity index (χ3n) is 8.58. The largest absolute Gasteiger partial charge is 0.465 e. The van der Waals surface area contributed by atoms with E-state index in [1.165, 1.54) is 45.5 Å². The molecule has 0 aliphatic rings. The molecule has 0 aliphatic carbocycles. The topological polar surface area (TPSA) is 191 Å². The summed E-state index contributed by atoms with van der Waals surface area (Å²) < 4.78 is 22.7. The minimum Gasteiger partial charge on any atom is -0.465 e. The van der Waals surface area contributed by atoms with Crippen LogP contribution in [0.1, 0.15) is 73.5 Å². The van der Waals surface area contributed by atoms with Crippen LogP contribution in [0.5, 0.6) is 0 Å². The van der Waals surface area contributed by atoms with Gasteiger partial charge in [-0.3, -0.25) is 19.7 Å². The van der Waals surface area contributed by atoms with Crippen LogP contribution >= 0.6 is 0 Å². The Morgan fingerprint density at radius 2 is 0.906 bits per heavy atom. The zero-order valence-electron chi connectivity index (χ0n) is 28.4. The number of carbonyl (C=O) groups excluding carboxylic acids is 6. The van der Waals surface area contributed by atoms with Gasteiger partial charge in [-0.05, 0) is 47.5 Å². The molecule has 6 rings (SSSR count). The number of methoxy groups -OCH3 is 4. The summed E-state index contributed by atoms with van der Waals surface area (Å²) in [5.41, 5.74) is -0.702. The van der Waals surface area contributed by atoms with Gasteiger partial charge in [0, 0.05) is 35.7 Å². The first-order valence-corrected chi connectivity index (χ1v) is 15.6. The Morgan fingerprint density at radius 1 is 0.528 bits per heavy atom. The summed E-state index contributed by atoms with van der Waals surface area (Å²) in [6.07, 6.45) is 2.91. The van der Waals surface area contributed by atoms with Crippen molar-refractivity contribution in [1.29, 1.82) is 0 Å². The molecule has 4 heterocycles. The average Bonchev–Trinajstić information content (AvgIpc) is 3.72. The van der Waals surface area contributed by atoms with Crippen molar-refractivity contribution >= 4 is 52.2 Å². The van der Waals surface area contributed by atoms with E-state index in [1.54, 1.807) is 42.5 Å². The van der Waals surface area contributed by atoms with Crippen molar-refractivity contribution in [2.24, 2.45) is 0 Å². The number of non-ortho nitro benzene ring substituents is 1. The van der Waals surface area contributed by atoms with Gasteiger partial charge in [-0.15, -0.1) is 0 Å². The van der Waals surface area contributed by atoms with Gasteiger partial charge in [0.05, 0.1) is 44.4 Å². The van der Waals surface area contributed by atoms with Crippen molar-refractivity contribution in [3.63, 3.8) is 0 Å². The molecule has 0 N–H and O–H groups in total. The molecule has 0 spiro atoms.